The van der Waals surface area contributed by atoms with Crippen molar-refractivity contribution in [3.8, 4) is 0 Å². The molecule has 1 aliphatic rings. The second kappa shape index (κ2) is 4.76. The van der Waals surface area contributed by atoms with Crippen LogP contribution in [0.25, 0.3) is 0 Å². The highest BCUT2D eigenvalue weighted by atomic mass is 16.1. The molecule has 88 valence electrons. The lowest BCUT2D eigenvalue weighted by Crippen LogP contribution is -2.21. The molecule has 0 bridgehead atoms. The van der Waals surface area contributed by atoms with E-state index in [2.05, 4.69) is 24.2 Å². The van der Waals surface area contributed by atoms with E-state index in [4.69, 9.17) is 0 Å². The van der Waals surface area contributed by atoms with E-state index in [9.17, 15) is 4.79 Å². The number of carbonyl (C=O) groups is 1. The number of hydrogen-bond donors (Lipinski definition) is 0. The molecule has 1 aliphatic carbocycles. The predicted molar refractivity (Wildman–Crippen MR) is 61.1 cm³/mol. The number of aryl methyl sites for hydroxylation is 1. The first-order valence-electron chi connectivity index (χ1n) is 6.16. The van der Waals surface area contributed by atoms with Gasteiger partial charge in [-0.25, -0.2) is 4.68 Å². The van der Waals surface area contributed by atoms with Gasteiger partial charge in [-0.3, -0.25) is 4.79 Å². The van der Waals surface area contributed by atoms with Crippen molar-refractivity contribution in [3.63, 3.8) is 0 Å². The average molecular weight is 221 g/mol. The minimum Gasteiger partial charge on any atom is -0.292 e. The molecule has 1 aromatic rings. The number of aromatic nitrogens is 3. The molecule has 2 atom stereocenters. The second-order valence-electron chi connectivity index (χ2n) is 4.72. The predicted octanol–water partition coefficient (Wildman–Crippen LogP) is 2.31. The summed E-state index contributed by atoms with van der Waals surface area (Å²) in [4.78, 5) is 12.3. The zero-order valence-electron chi connectivity index (χ0n) is 10.0. The Kier molecular flexibility index (Phi) is 3.36. The van der Waals surface area contributed by atoms with Crippen molar-refractivity contribution in [2.45, 2.75) is 46.1 Å². The van der Waals surface area contributed by atoms with Crippen molar-refractivity contribution in [2.75, 3.05) is 0 Å². The summed E-state index contributed by atoms with van der Waals surface area (Å²) in [5.74, 6) is 0.940. The molecule has 4 heteroatoms. The molecule has 0 aromatic carbocycles. The maximum absolute atomic E-state index is 12.3. The van der Waals surface area contributed by atoms with Crippen molar-refractivity contribution in [1.82, 2.24) is 15.0 Å². The Morgan fingerprint density at radius 1 is 1.56 bits per heavy atom. The van der Waals surface area contributed by atoms with Gasteiger partial charge in [-0.2, -0.15) is 0 Å². The molecule has 0 spiro atoms. The molecule has 1 heterocycles. The summed E-state index contributed by atoms with van der Waals surface area (Å²) in [6.07, 6.45) is 5.96. The van der Waals surface area contributed by atoms with E-state index in [-0.39, 0.29) is 11.7 Å². The van der Waals surface area contributed by atoms with Crippen molar-refractivity contribution in [3.05, 3.63) is 11.9 Å². The minimum absolute atomic E-state index is 0.189. The van der Waals surface area contributed by atoms with Crippen molar-refractivity contribution in [2.24, 2.45) is 11.8 Å². The Hall–Kier alpha value is -1.19. The van der Waals surface area contributed by atoms with E-state index in [1.54, 1.807) is 10.9 Å². The molecular weight excluding hydrogens is 202 g/mol. The maximum Gasteiger partial charge on any atom is 0.185 e. The topological polar surface area (TPSA) is 47.8 Å². The molecule has 1 saturated carbocycles. The minimum atomic E-state index is 0.189. The largest absolute Gasteiger partial charge is 0.292 e. The number of Topliss-reactive ketones (excluding diaryl/α,β-unsaturated/α-hetero) is 1. The van der Waals surface area contributed by atoms with Crippen LogP contribution in [-0.2, 0) is 6.54 Å². The van der Waals surface area contributed by atoms with Gasteiger partial charge < -0.3 is 0 Å². The van der Waals surface area contributed by atoms with Crippen LogP contribution in [-0.4, -0.2) is 20.8 Å². The molecule has 0 amide bonds. The number of carbonyl (C=O) groups excluding carboxylic acids is 1. The quantitative estimate of drug-likeness (QED) is 0.733. The third-order valence-electron chi connectivity index (χ3n) is 3.50. The molecule has 0 aliphatic heterocycles. The Morgan fingerprint density at radius 3 is 3.00 bits per heavy atom. The van der Waals surface area contributed by atoms with E-state index >= 15 is 0 Å². The molecule has 2 unspecified atom stereocenters. The van der Waals surface area contributed by atoms with E-state index < -0.39 is 0 Å². The van der Waals surface area contributed by atoms with Gasteiger partial charge in [0.15, 0.2) is 5.78 Å². The number of nitrogens with zero attached hydrogens (tertiary/aromatic N) is 3. The lowest BCUT2D eigenvalue weighted by molar-refractivity contribution is 0.0885. The summed E-state index contributed by atoms with van der Waals surface area (Å²) in [7, 11) is 0. The Balaban J connectivity index is 2.16. The molecule has 1 fully saturated rings. The summed E-state index contributed by atoms with van der Waals surface area (Å²) in [5, 5.41) is 7.82. The molecular formula is C12H19N3O. The highest BCUT2D eigenvalue weighted by molar-refractivity contribution is 5.96. The van der Waals surface area contributed by atoms with Crippen LogP contribution in [0.3, 0.4) is 0 Å². The summed E-state index contributed by atoms with van der Waals surface area (Å²) in [6.45, 7) is 5.03. The Bertz CT molecular complexity index is 372. The standard InChI is InChI=1S/C12H19N3O/c1-3-7-15-11(8-13-14-15)12(16)10-6-4-5-9(10)2/h8-10H,3-7H2,1-2H3. The fourth-order valence-corrected chi connectivity index (χ4v) is 2.55. The first-order valence-corrected chi connectivity index (χ1v) is 6.16. The van der Waals surface area contributed by atoms with Crippen molar-refractivity contribution >= 4 is 5.78 Å². The summed E-state index contributed by atoms with van der Waals surface area (Å²) < 4.78 is 1.74. The van der Waals surface area contributed by atoms with Gasteiger partial charge in [0.1, 0.15) is 5.69 Å². The summed E-state index contributed by atoms with van der Waals surface area (Å²) >= 11 is 0. The van der Waals surface area contributed by atoms with Gasteiger partial charge in [0, 0.05) is 12.5 Å². The highest BCUT2D eigenvalue weighted by Gasteiger charge is 2.32. The van der Waals surface area contributed by atoms with Gasteiger partial charge in [0.2, 0.25) is 0 Å². The molecule has 0 radical (unpaired) electrons. The maximum atomic E-state index is 12.3. The first-order chi connectivity index (χ1) is 7.74. The lowest BCUT2D eigenvalue weighted by Gasteiger charge is -2.13. The normalized spacial score (nSPS) is 24.9. The Labute approximate surface area is 96.0 Å². The fourth-order valence-electron chi connectivity index (χ4n) is 2.55. The van der Waals surface area contributed by atoms with E-state index in [1.165, 1.54) is 12.8 Å². The fraction of sp³-hybridized carbons (Fsp3) is 0.750. The van der Waals surface area contributed by atoms with Crippen LogP contribution in [0.2, 0.25) is 0 Å². The van der Waals surface area contributed by atoms with E-state index in [1.807, 2.05) is 0 Å². The molecule has 0 saturated heterocycles. The van der Waals surface area contributed by atoms with Crippen LogP contribution in [0.5, 0.6) is 0 Å². The SMILES string of the molecule is CCCn1nncc1C(=O)C1CCCC1C. The molecule has 2 rings (SSSR count). The van der Waals surface area contributed by atoms with E-state index in [0.29, 0.717) is 11.6 Å². The summed E-state index contributed by atoms with van der Waals surface area (Å²) in [6, 6.07) is 0. The average Bonchev–Trinajstić information content (AvgIpc) is 2.87. The molecule has 16 heavy (non-hydrogen) atoms. The second-order valence-corrected chi connectivity index (χ2v) is 4.72. The van der Waals surface area contributed by atoms with Gasteiger partial charge in [-0.1, -0.05) is 25.5 Å². The monoisotopic (exact) mass is 221 g/mol. The number of hydrogen-bond acceptors (Lipinski definition) is 3. The Morgan fingerprint density at radius 2 is 2.38 bits per heavy atom. The zero-order chi connectivity index (χ0) is 11.5. The van der Waals surface area contributed by atoms with Crippen LogP contribution in [0.4, 0.5) is 0 Å². The van der Waals surface area contributed by atoms with Crippen LogP contribution in [0, 0.1) is 11.8 Å². The van der Waals surface area contributed by atoms with Gasteiger partial charge in [0.25, 0.3) is 0 Å². The van der Waals surface area contributed by atoms with Crippen LogP contribution >= 0.6 is 0 Å². The third-order valence-corrected chi connectivity index (χ3v) is 3.50. The smallest absolute Gasteiger partial charge is 0.185 e. The van der Waals surface area contributed by atoms with Gasteiger partial charge in [-0.15, -0.1) is 5.10 Å². The van der Waals surface area contributed by atoms with Gasteiger partial charge >= 0.3 is 0 Å². The molecule has 0 N–H and O–H groups in total. The van der Waals surface area contributed by atoms with Gasteiger partial charge in [0.05, 0.1) is 6.20 Å². The van der Waals surface area contributed by atoms with Crippen molar-refractivity contribution < 1.29 is 4.79 Å². The van der Waals surface area contributed by atoms with Crippen molar-refractivity contribution in [1.29, 1.82) is 0 Å². The number of ketones is 1. The lowest BCUT2D eigenvalue weighted by atomic mass is 9.92. The van der Waals surface area contributed by atoms with Crippen LogP contribution in [0.15, 0.2) is 6.20 Å². The highest BCUT2D eigenvalue weighted by Crippen LogP contribution is 2.33. The number of rotatable bonds is 4. The molecule has 4 nitrogen and oxygen atoms in total. The van der Waals surface area contributed by atoms with Crippen LogP contribution < -0.4 is 0 Å². The summed E-state index contributed by atoms with van der Waals surface area (Å²) in [5.41, 5.74) is 0.695. The molecule has 1 aromatic heterocycles. The zero-order valence-corrected chi connectivity index (χ0v) is 10.0. The van der Waals surface area contributed by atoms with Crippen LogP contribution in [0.1, 0.15) is 50.0 Å². The van der Waals surface area contributed by atoms with E-state index in [0.717, 1.165) is 19.4 Å². The third kappa shape index (κ3) is 2.01. The first kappa shape index (κ1) is 11.3. The van der Waals surface area contributed by atoms with Gasteiger partial charge in [-0.05, 0) is 25.2 Å².